The first-order valence-electron chi connectivity index (χ1n) is 6.20. The minimum absolute atomic E-state index is 0.118. The number of nitrogens with zero attached hydrogens (tertiary/aromatic N) is 1. The summed E-state index contributed by atoms with van der Waals surface area (Å²) >= 11 is 0. The van der Waals surface area contributed by atoms with E-state index in [2.05, 4.69) is 24.4 Å². The molecule has 0 aliphatic rings. The topological polar surface area (TPSA) is 55.2 Å². The van der Waals surface area contributed by atoms with E-state index in [-0.39, 0.29) is 10.6 Å². The maximum atomic E-state index is 10.9. The van der Waals surface area contributed by atoms with Crippen molar-refractivity contribution in [3.63, 3.8) is 0 Å². The molecule has 0 atom stereocenters. The number of hydrogen-bond acceptors (Lipinski definition) is 3. The zero-order valence-corrected chi connectivity index (χ0v) is 10.8. The van der Waals surface area contributed by atoms with Crippen LogP contribution in [0.1, 0.15) is 11.1 Å². The van der Waals surface area contributed by atoms with E-state index < -0.39 is 0 Å². The van der Waals surface area contributed by atoms with Crippen LogP contribution in [0.5, 0.6) is 0 Å². The maximum Gasteiger partial charge on any atom is 0.292 e. The van der Waals surface area contributed by atoms with Crippen molar-refractivity contribution in [3.05, 3.63) is 69.8 Å². The van der Waals surface area contributed by atoms with Crippen molar-refractivity contribution in [3.8, 4) is 0 Å². The van der Waals surface area contributed by atoms with E-state index in [1.165, 1.54) is 17.2 Å². The molecule has 0 saturated heterocycles. The average molecular weight is 256 g/mol. The number of hydrogen-bond donors (Lipinski definition) is 1. The van der Waals surface area contributed by atoms with Crippen LogP contribution < -0.4 is 5.32 Å². The largest absolute Gasteiger partial charge is 0.379 e. The third kappa shape index (κ3) is 3.31. The van der Waals surface area contributed by atoms with E-state index in [1.807, 2.05) is 12.1 Å². The third-order valence-corrected chi connectivity index (χ3v) is 3.07. The second-order valence-corrected chi connectivity index (χ2v) is 4.38. The van der Waals surface area contributed by atoms with Crippen LogP contribution in [0.4, 0.5) is 11.4 Å². The monoisotopic (exact) mass is 256 g/mol. The smallest absolute Gasteiger partial charge is 0.292 e. The van der Waals surface area contributed by atoms with E-state index >= 15 is 0 Å². The van der Waals surface area contributed by atoms with Crippen LogP contribution in [0.25, 0.3) is 0 Å². The molecule has 0 bridgehead atoms. The molecule has 0 spiro atoms. The van der Waals surface area contributed by atoms with Crippen molar-refractivity contribution in [2.24, 2.45) is 0 Å². The molecule has 0 aliphatic heterocycles. The van der Waals surface area contributed by atoms with Crippen molar-refractivity contribution < 1.29 is 4.92 Å². The zero-order chi connectivity index (χ0) is 13.7. The highest BCUT2D eigenvalue weighted by Gasteiger charge is 2.11. The summed E-state index contributed by atoms with van der Waals surface area (Å²) in [6.07, 6.45) is 0.846. The Balaban J connectivity index is 2.00. The molecule has 98 valence electrons. The Hall–Kier alpha value is -2.36. The first kappa shape index (κ1) is 13.1. The number of rotatable bonds is 5. The number of anilines is 1. The molecule has 2 aromatic carbocycles. The molecule has 0 aliphatic carbocycles. The van der Waals surface area contributed by atoms with Gasteiger partial charge in [0.25, 0.3) is 5.69 Å². The molecule has 0 fully saturated rings. The van der Waals surface area contributed by atoms with Crippen LogP contribution >= 0.6 is 0 Å². The van der Waals surface area contributed by atoms with Crippen molar-refractivity contribution in [1.82, 2.24) is 0 Å². The van der Waals surface area contributed by atoms with Crippen molar-refractivity contribution in [2.75, 3.05) is 11.9 Å². The number of nitrogens with one attached hydrogen (secondary N) is 1. The van der Waals surface area contributed by atoms with E-state index in [0.717, 1.165) is 6.42 Å². The molecule has 4 heteroatoms. The zero-order valence-electron chi connectivity index (χ0n) is 10.8. The molecule has 2 rings (SSSR count). The Morgan fingerprint density at radius 1 is 1.11 bits per heavy atom. The van der Waals surface area contributed by atoms with E-state index in [9.17, 15) is 10.1 Å². The van der Waals surface area contributed by atoms with E-state index in [4.69, 9.17) is 0 Å². The lowest BCUT2D eigenvalue weighted by molar-refractivity contribution is -0.384. The SMILES string of the molecule is Cc1ccccc1CCNc1ccccc1[N+](=O)[O-]. The normalized spacial score (nSPS) is 10.2. The van der Waals surface area contributed by atoms with Gasteiger partial charge in [0.15, 0.2) is 0 Å². The molecule has 0 amide bonds. The van der Waals surface area contributed by atoms with Gasteiger partial charge in [0.2, 0.25) is 0 Å². The molecular weight excluding hydrogens is 240 g/mol. The highest BCUT2D eigenvalue weighted by molar-refractivity contribution is 5.61. The van der Waals surface area contributed by atoms with Gasteiger partial charge in [-0.15, -0.1) is 0 Å². The highest BCUT2D eigenvalue weighted by atomic mass is 16.6. The Morgan fingerprint density at radius 3 is 2.53 bits per heavy atom. The molecule has 0 heterocycles. The second kappa shape index (κ2) is 6.00. The fourth-order valence-electron chi connectivity index (χ4n) is 2.00. The van der Waals surface area contributed by atoms with Gasteiger partial charge in [0, 0.05) is 12.6 Å². The summed E-state index contributed by atoms with van der Waals surface area (Å²) in [5.41, 5.74) is 3.19. The Labute approximate surface area is 112 Å². The Kier molecular flexibility index (Phi) is 4.13. The molecule has 0 radical (unpaired) electrons. The van der Waals surface area contributed by atoms with Gasteiger partial charge >= 0.3 is 0 Å². The minimum Gasteiger partial charge on any atom is -0.379 e. The predicted molar refractivity (Wildman–Crippen MR) is 76.5 cm³/mol. The van der Waals surface area contributed by atoms with E-state index in [0.29, 0.717) is 12.2 Å². The summed E-state index contributed by atoms with van der Waals surface area (Å²) in [6, 6.07) is 14.9. The summed E-state index contributed by atoms with van der Waals surface area (Å²) in [4.78, 5) is 10.5. The molecule has 4 nitrogen and oxygen atoms in total. The van der Waals surface area contributed by atoms with Gasteiger partial charge in [-0.2, -0.15) is 0 Å². The summed E-state index contributed by atoms with van der Waals surface area (Å²) in [7, 11) is 0. The number of benzene rings is 2. The van der Waals surface area contributed by atoms with E-state index in [1.54, 1.807) is 18.2 Å². The van der Waals surface area contributed by atoms with Crippen LogP contribution in [-0.4, -0.2) is 11.5 Å². The van der Waals surface area contributed by atoms with Gasteiger partial charge in [-0.3, -0.25) is 10.1 Å². The number of aryl methyl sites for hydroxylation is 1. The lowest BCUT2D eigenvalue weighted by Crippen LogP contribution is -2.07. The maximum absolute atomic E-state index is 10.9. The third-order valence-electron chi connectivity index (χ3n) is 3.07. The van der Waals surface area contributed by atoms with Crippen molar-refractivity contribution in [1.29, 1.82) is 0 Å². The van der Waals surface area contributed by atoms with Gasteiger partial charge in [-0.1, -0.05) is 36.4 Å². The second-order valence-electron chi connectivity index (χ2n) is 4.38. The quantitative estimate of drug-likeness (QED) is 0.657. The fraction of sp³-hybridized carbons (Fsp3) is 0.200. The van der Waals surface area contributed by atoms with Crippen LogP contribution in [0.2, 0.25) is 0 Å². The first-order valence-corrected chi connectivity index (χ1v) is 6.20. The lowest BCUT2D eigenvalue weighted by atomic mass is 10.1. The van der Waals surface area contributed by atoms with Crippen LogP contribution in [0.15, 0.2) is 48.5 Å². The van der Waals surface area contributed by atoms with Crippen LogP contribution in [0.3, 0.4) is 0 Å². The van der Waals surface area contributed by atoms with Gasteiger partial charge in [-0.05, 0) is 30.5 Å². The van der Waals surface area contributed by atoms with Gasteiger partial charge in [0.1, 0.15) is 5.69 Å². The highest BCUT2D eigenvalue weighted by Crippen LogP contribution is 2.23. The summed E-state index contributed by atoms with van der Waals surface area (Å²) < 4.78 is 0. The number of para-hydroxylation sites is 2. The first-order chi connectivity index (χ1) is 9.18. The lowest BCUT2D eigenvalue weighted by Gasteiger charge is -2.08. The van der Waals surface area contributed by atoms with Gasteiger partial charge in [-0.25, -0.2) is 0 Å². The average Bonchev–Trinajstić information content (AvgIpc) is 2.41. The standard InChI is InChI=1S/C15H16N2O2/c1-12-6-2-3-7-13(12)10-11-16-14-8-4-5-9-15(14)17(18)19/h2-9,16H,10-11H2,1H3. The van der Waals surface area contributed by atoms with Crippen LogP contribution in [-0.2, 0) is 6.42 Å². The summed E-state index contributed by atoms with van der Waals surface area (Å²) in [5, 5.41) is 14.0. The molecular formula is C15H16N2O2. The van der Waals surface area contributed by atoms with Crippen molar-refractivity contribution in [2.45, 2.75) is 13.3 Å². The van der Waals surface area contributed by atoms with Gasteiger partial charge in [0.05, 0.1) is 4.92 Å². The summed E-state index contributed by atoms with van der Waals surface area (Å²) in [5.74, 6) is 0. The number of nitro groups is 1. The van der Waals surface area contributed by atoms with Crippen molar-refractivity contribution >= 4 is 11.4 Å². The fourth-order valence-corrected chi connectivity index (χ4v) is 2.00. The minimum atomic E-state index is -0.365. The molecule has 19 heavy (non-hydrogen) atoms. The Morgan fingerprint density at radius 2 is 1.79 bits per heavy atom. The van der Waals surface area contributed by atoms with Gasteiger partial charge < -0.3 is 5.32 Å². The van der Waals surface area contributed by atoms with Crippen LogP contribution in [0, 0.1) is 17.0 Å². The summed E-state index contributed by atoms with van der Waals surface area (Å²) in [6.45, 7) is 2.75. The molecule has 0 aromatic heterocycles. The molecule has 0 unspecified atom stereocenters. The predicted octanol–water partition coefficient (Wildman–Crippen LogP) is 3.56. The number of nitro benzene ring substituents is 1. The molecule has 0 saturated carbocycles. The Bertz CT molecular complexity index is 582. The molecule has 1 N–H and O–H groups in total. The molecule has 2 aromatic rings.